The Morgan fingerprint density at radius 3 is 1.38 bits per heavy atom. The second kappa shape index (κ2) is 16.7. The van der Waals surface area contributed by atoms with E-state index in [1.54, 1.807) is 28.1 Å². The van der Waals surface area contributed by atoms with E-state index in [1.165, 1.54) is 0 Å². The molecule has 0 unspecified atom stereocenters. The molecular weight excluding hydrogens is 528 g/mol. The van der Waals surface area contributed by atoms with Gasteiger partial charge in [0.1, 0.15) is 11.5 Å². The van der Waals surface area contributed by atoms with Crippen LogP contribution in [0, 0.1) is 0 Å². The summed E-state index contributed by atoms with van der Waals surface area (Å²) in [5.41, 5.74) is 4.10. The Balaban J connectivity index is 1.48. The van der Waals surface area contributed by atoms with Crippen molar-refractivity contribution in [3.8, 4) is 11.5 Å². The zero-order valence-corrected chi connectivity index (χ0v) is 26.2. The van der Waals surface area contributed by atoms with Gasteiger partial charge in [-0.25, -0.2) is 0 Å². The van der Waals surface area contributed by atoms with Gasteiger partial charge in [-0.1, -0.05) is 50.2 Å². The summed E-state index contributed by atoms with van der Waals surface area (Å²) < 4.78 is 11.0. The number of carbonyl (C=O) groups is 2. The SMILES string of the molecule is CCN(CCCNC1=C(C)C(=O)C(NCCCN(CC)Cc2ccccc2OC)=C(C)C1=O)Cc1ccccc1OC. The number of ketones is 2. The smallest absolute Gasteiger partial charge is 0.207 e. The van der Waals surface area contributed by atoms with Gasteiger partial charge in [-0.3, -0.25) is 19.4 Å². The largest absolute Gasteiger partial charge is 0.496 e. The number of carbonyl (C=O) groups excluding carboxylic acids is 2. The van der Waals surface area contributed by atoms with E-state index >= 15 is 0 Å². The average Bonchev–Trinajstić information content (AvgIpc) is 3.02. The Bertz CT molecular complexity index is 1170. The lowest BCUT2D eigenvalue weighted by Crippen LogP contribution is -2.36. The van der Waals surface area contributed by atoms with E-state index in [4.69, 9.17) is 9.47 Å². The Kier molecular flexibility index (Phi) is 13.1. The third-order valence-corrected chi connectivity index (χ3v) is 7.86. The Morgan fingerprint density at radius 1 is 0.643 bits per heavy atom. The predicted molar refractivity (Wildman–Crippen MR) is 169 cm³/mol. The minimum Gasteiger partial charge on any atom is -0.496 e. The van der Waals surface area contributed by atoms with Crippen LogP contribution in [-0.2, 0) is 22.7 Å². The quantitative estimate of drug-likeness (QED) is 0.195. The van der Waals surface area contributed by atoms with Crippen LogP contribution < -0.4 is 20.1 Å². The minimum absolute atomic E-state index is 0.109. The number of nitrogens with zero attached hydrogens (tertiary/aromatic N) is 2. The molecule has 2 aromatic carbocycles. The monoisotopic (exact) mass is 576 g/mol. The number of para-hydroxylation sites is 2. The maximum atomic E-state index is 13.2. The van der Waals surface area contributed by atoms with E-state index in [-0.39, 0.29) is 11.6 Å². The van der Waals surface area contributed by atoms with Crippen molar-refractivity contribution in [2.24, 2.45) is 0 Å². The van der Waals surface area contributed by atoms with Gasteiger partial charge >= 0.3 is 0 Å². The zero-order chi connectivity index (χ0) is 30.5. The summed E-state index contributed by atoms with van der Waals surface area (Å²) in [5.74, 6) is 1.57. The molecule has 0 radical (unpaired) electrons. The summed E-state index contributed by atoms with van der Waals surface area (Å²) in [6.07, 6.45) is 1.69. The van der Waals surface area contributed by atoms with Gasteiger partial charge in [0.2, 0.25) is 11.6 Å². The molecule has 0 spiro atoms. The van der Waals surface area contributed by atoms with Crippen LogP contribution in [0.3, 0.4) is 0 Å². The second-order valence-corrected chi connectivity index (χ2v) is 10.6. The molecule has 0 amide bonds. The first kappa shape index (κ1) is 32.9. The molecule has 1 aliphatic carbocycles. The van der Waals surface area contributed by atoms with Gasteiger partial charge < -0.3 is 20.1 Å². The first-order valence-electron chi connectivity index (χ1n) is 15.0. The summed E-state index contributed by atoms with van der Waals surface area (Å²) in [5, 5.41) is 6.54. The molecule has 42 heavy (non-hydrogen) atoms. The van der Waals surface area contributed by atoms with Crippen molar-refractivity contribution < 1.29 is 19.1 Å². The van der Waals surface area contributed by atoms with Gasteiger partial charge in [0.05, 0.1) is 25.6 Å². The van der Waals surface area contributed by atoms with E-state index in [0.29, 0.717) is 35.6 Å². The molecule has 8 nitrogen and oxygen atoms in total. The molecule has 1 aliphatic rings. The first-order chi connectivity index (χ1) is 20.3. The van der Waals surface area contributed by atoms with Crippen LogP contribution in [0.4, 0.5) is 0 Å². The average molecular weight is 577 g/mol. The molecular formula is C34H48N4O4. The van der Waals surface area contributed by atoms with Gasteiger partial charge in [0.15, 0.2) is 0 Å². The van der Waals surface area contributed by atoms with Crippen molar-refractivity contribution in [1.29, 1.82) is 0 Å². The Hall–Kier alpha value is -3.62. The van der Waals surface area contributed by atoms with Gasteiger partial charge in [-0.05, 0) is 51.9 Å². The number of rotatable bonds is 18. The number of hydrogen-bond donors (Lipinski definition) is 2. The van der Waals surface area contributed by atoms with E-state index < -0.39 is 0 Å². The molecule has 2 aromatic rings. The van der Waals surface area contributed by atoms with Crippen LogP contribution >= 0.6 is 0 Å². The molecule has 0 aromatic heterocycles. The zero-order valence-electron chi connectivity index (χ0n) is 26.2. The van der Waals surface area contributed by atoms with Crippen molar-refractivity contribution in [1.82, 2.24) is 20.4 Å². The third kappa shape index (κ3) is 8.69. The van der Waals surface area contributed by atoms with Gasteiger partial charge in [0.25, 0.3) is 0 Å². The fraction of sp³-hybridized carbons (Fsp3) is 0.471. The highest BCUT2D eigenvalue weighted by atomic mass is 16.5. The summed E-state index contributed by atoms with van der Waals surface area (Å²) >= 11 is 0. The molecule has 3 rings (SSSR count). The molecule has 228 valence electrons. The second-order valence-electron chi connectivity index (χ2n) is 10.6. The van der Waals surface area contributed by atoms with Crippen molar-refractivity contribution in [2.45, 2.75) is 53.6 Å². The number of hydrogen-bond acceptors (Lipinski definition) is 8. The van der Waals surface area contributed by atoms with Crippen molar-refractivity contribution in [3.05, 3.63) is 82.2 Å². The summed E-state index contributed by atoms with van der Waals surface area (Å²) in [6.45, 7) is 14.1. The number of Topliss-reactive ketones (excluding diaryl/α,β-unsaturated/α-hetero) is 2. The predicted octanol–water partition coefficient (Wildman–Crippen LogP) is 4.71. The molecule has 0 heterocycles. The number of benzene rings is 2. The highest BCUT2D eigenvalue weighted by Gasteiger charge is 2.30. The lowest BCUT2D eigenvalue weighted by molar-refractivity contribution is -0.117. The topological polar surface area (TPSA) is 83.1 Å². The van der Waals surface area contributed by atoms with Crippen molar-refractivity contribution >= 4 is 11.6 Å². The molecule has 0 aliphatic heterocycles. The van der Waals surface area contributed by atoms with Crippen molar-refractivity contribution in [3.63, 3.8) is 0 Å². The Morgan fingerprint density at radius 2 is 1.02 bits per heavy atom. The fourth-order valence-corrected chi connectivity index (χ4v) is 5.25. The minimum atomic E-state index is -0.109. The first-order valence-corrected chi connectivity index (χ1v) is 15.0. The van der Waals surface area contributed by atoms with Crippen molar-refractivity contribution in [2.75, 3.05) is 53.5 Å². The number of nitrogens with one attached hydrogen (secondary N) is 2. The lowest BCUT2D eigenvalue weighted by atomic mass is 9.92. The van der Waals surface area contributed by atoms with E-state index in [2.05, 4.69) is 46.4 Å². The molecule has 0 bridgehead atoms. The molecule has 0 saturated heterocycles. The van der Waals surface area contributed by atoms with Gasteiger partial charge in [-0.15, -0.1) is 0 Å². The van der Waals surface area contributed by atoms with E-state index in [1.807, 2.05) is 36.4 Å². The lowest BCUT2D eigenvalue weighted by Gasteiger charge is -2.25. The summed E-state index contributed by atoms with van der Waals surface area (Å²) in [7, 11) is 3.39. The molecule has 2 N–H and O–H groups in total. The van der Waals surface area contributed by atoms with Crippen LogP contribution in [-0.4, -0.2) is 74.9 Å². The highest BCUT2D eigenvalue weighted by Crippen LogP contribution is 2.23. The van der Waals surface area contributed by atoms with Crippen LogP contribution in [0.15, 0.2) is 71.1 Å². The number of allylic oxidation sites excluding steroid dienone is 2. The molecule has 0 fully saturated rings. The van der Waals surface area contributed by atoms with E-state index in [0.717, 1.165) is 74.7 Å². The normalized spacial score (nSPS) is 13.8. The third-order valence-electron chi connectivity index (χ3n) is 7.86. The van der Waals surface area contributed by atoms with Crippen LogP contribution in [0.1, 0.15) is 51.7 Å². The van der Waals surface area contributed by atoms with Gasteiger partial charge in [-0.2, -0.15) is 0 Å². The van der Waals surface area contributed by atoms with Crippen LogP contribution in [0.2, 0.25) is 0 Å². The molecule has 8 heteroatoms. The number of methoxy groups -OCH3 is 2. The van der Waals surface area contributed by atoms with Crippen LogP contribution in [0.25, 0.3) is 0 Å². The maximum Gasteiger partial charge on any atom is 0.207 e. The molecule has 0 atom stereocenters. The van der Waals surface area contributed by atoms with E-state index in [9.17, 15) is 9.59 Å². The molecule has 0 saturated carbocycles. The maximum absolute atomic E-state index is 13.2. The highest BCUT2D eigenvalue weighted by molar-refractivity contribution is 6.24. The standard InChI is InChI=1S/C34H48N4O4/c1-7-37(23-27-15-9-11-17-29(27)41-5)21-13-19-35-31-25(3)34(40)32(26(4)33(31)39)36-20-14-22-38(8-2)24-28-16-10-12-18-30(28)42-6/h9-12,15-18,35-36H,7-8,13-14,19-24H2,1-6H3. The Labute approximate surface area is 251 Å². The van der Waals surface area contributed by atoms with Crippen LogP contribution in [0.5, 0.6) is 11.5 Å². The summed E-state index contributed by atoms with van der Waals surface area (Å²) in [6, 6.07) is 16.1. The number of ether oxygens (including phenoxy) is 2. The van der Waals surface area contributed by atoms with Gasteiger partial charge in [0, 0.05) is 61.5 Å². The summed E-state index contributed by atoms with van der Waals surface area (Å²) in [4.78, 5) is 31.1. The fourth-order valence-electron chi connectivity index (χ4n) is 5.25.